The Morgan fingerprint density at radius 2 is 1.96 bits per heavy atom. The molecule has 26 heavy (non-hydrogen) atoms. The number of fused-ring (bicyclic) bond motifs is 1. The van der Waals surface area contributed by atoms with Gasteiger partial charge in [0.15, 0.2) is 0 Å². The van der Waals surface area contributed by atoms with E-state index in [-0.39, 0.29) is 24.3 Å². The Morgan fingerprint density at radius 3 is 2.73 bits per heavy atom. The molecule has 4 rings (SSSR count). The number of rotatable bonds is 4. The summed E-state index contributed by atoms with van der Waals surface area (Å²) in [7, 11) is 1.63. The van der Waals surface area contributed by atoms with E-state index < -0.39 is 11.9 Å². The second-order valence-electron chi connectivity index (χ2n) is 7.03. The number of ether oxygens (including phenoxy) is 1. The van der Waals surface area contributed by atoms with Crippen molar-refractivity contribution in [2.45, 2.75) is 24.8 Å². The normalized spacial score (nSPS) is 23.9. The second kappa shape index (κ2) is 6.48. The highest BCUT2D eigenvalue weighted by atomic mass is 16.5. The maximum Gasteiger partial charge on any atom is 0.312 e. The van der Waals surface area contributed by atoms with Gasteiger partial charge < -0.3 is 14.7 Å². The molecular formula is C21H21NO4. The van der Waals surface area contributed by atoms with E-state index in [9.17, 15) is 14.7 Å². The summed E-state index contributed by atoms with van der Waals surface area (Å²) < 4.78 is 5.26. The van der Waals surface area contributed by atoms with Crippen molar-refractivity contribution in [3.63, 3.8) is 0 Å². The number of hydrogen-bond donors (Lipinski definition) is 1. The van der Waals surface area contributed by atoms with Crippen LogP contribution in [0.15, 0.2) is 48.5 Å². The van der Waals surface area contributed by atoms with Crippen molar-refractivity contribution in [1.29, 1.82) is 0 Å². The summed E-state index contributed by atoms with van der Waals surface area (Å²) in [6.45, 7) is 0.729. The van der Waals surface area contributed by atoms with Gasteiger partial charge in [0.1, 0.15) is 5.75 Å². The number of nitrogens with zero attached hydrogens (tertiary/aromatic N) is 1. The molecule has 0 radical (unpaired) electrons. The van der Waals surface area contributed by atoms with Crippen LogP contribution in [0.5, 0.6) is 5.75 Å². The van der Waals surface area contributed by atoms with Gasteiger partial charge in [-0.1, -0.05) is 36.4 Å². The van der Waals surface area contributed by atoms with E-state index in [0.29, 0.717) is 6.54 Å². The number of hydrogen-bond acceptors (Lipinski definition) is 3. The zero-order valence-electron chi connectivity index (χ0n) is 14.6. The molecule has 0 spiro atoms. The largest absolute Gasteiger partial charge is 0.497 e. The van der Waals surface area contributed by atoms with Crippen LogP contribution in [-0.4, -0.2) is 35.5 Å². The molecule has 2 aromatic carbocycles. The number of carboxylic acids is 1. The molecule has 0 aromatic heterocycles. The first kappa shape index (κ1) is 16.6. The molecule has 1 aliphatic heterocycles. The Balaban J connectivity index is 1.52. The Kier molecular flexibility index (Phi) is 4.15. The molecule has 1 saturated carbocycles. The van der Waals surface area contributed by atoms with E-state index in [1.165, 1.54) is 0 Å². The Morgan fingerprint density at radius 1 is 1.15 bits per heavy atom. The number of carbonyl (C=O) groups excluding carboxylic acids is 1. The van der Waals surface area contributed by atoms with Crippen molar-refractivity contribution < 1.29 is 19.4 Å². The molecule has 1 amide bonds. The first-order valence-corrected chi connectivity index (χ1v) is 8.82. The number of aliphatic carboxylic acids is 1. The van der Waals surface area contributed by atoms with Crippen LogP contribution in [0.4, 0.5) is 0 Å². The molecule has 0 saturated heterocycles. The SMILES string of the molecule is COc1cccc(C2CC2C(=O)N2Cc3ccccc3C(C(=O)O)C2)c1. The zero-order valence-corrected chi connectivity index (χ0v) is 14.6. The minimum Gasteiger partial charge on any atom is -0.497 e. The third-order valence-corrected chi connectivity index (χ3v) is 5.43. The summed E-state index contributed by atoms with van der Waals surface area (Å²) in [4.78, 5) is 26.4. The summed E-state index contributed by atoms with van der Waals surface area (Å²) in [6.07, 6.45) is 0.807. The van der Waals surface area contributed by atoms with Gasteiger partial charge in [0.05, 0.1) is 13.0 Å². The van der Waals surface area contributed by atoms with Gasteiger partial charge in [-0.25, -0.2) is 0 Å². The Labute approximate surface area is 152 Å². The molecule has 5 heteroatoms. The van der Waals surface area contributed by atoms with E-state index in [2.05, 4.69) is 0 Å². The van der Waals surface area contributed by atoms with Gasteiger partial charge in [0, 0.05) is 19.0 Å². The summed E-state index contributed by atoms with van der Waals surface area (Å²) in [5.41, 5.74) is 2.86. The lowest BCUT2D eigenvalue weighted by molar-refractivity contribution is -0.141. The van der Waals surface area contributed by atoms with Crippen molar-refractivity contribution in [3.8, 4) is 5.75 Å². The quantitative estimate of drug-likeness (QED) is 0.919. The lowest BCUT2D eigenvalue weighted by atomic mass is 9.89. The van der Waals surface area contributed by atoms with Crippen molar-refractivity contribution >= 4 is 11.9 Å². The first-order chi connectivity index (χ1) is 12.6. The lowest BCUT2D eigenvalue weighted by Crippen LogP contribution is -2.41. The third kappa shape index (κ3) is 2.94. The van der Waals surface area contributed by atoms with E-state index >= 15 is 0 Å². The van der Waals surface area contributed by atoms with Gasteiger partial charge in [0.2, 0.25) is 5.91 Å². The molecule has 2 aliphatic rings. The molecule has 0 bridgehead atoms. The molecule has 3 atom stereocenters. The fourth-order valence-corrected chi connectivity index (χ4v) is 3.93. The topological polar surface area (TPSA) is 66.8 Å². The molecule has 2 aromatic rings. The van der Waals surface area contributed by atoms with Crippen molar-refractivity contribution in [2.75, 3.05) is 13.7 Å². The fraction of sp³-hybridized carbons (Fsp3) is 0.333. The average Bonchev–Trinajstić information content (AvgIpc) is 3.47. The summed E-state index contributed by atoms with van der Waals surface area (Å²) in [5.74, 6) is -0.565. The molecule has 3 unspecified atom stereocenters. The summed E-state index contributed by atoms with van der Waals surface area (Å²) in [5, 5.41) is 9.57. The number of benzene rings is 2. The molecular weight excluding hydrogens is 330 g/mol. The van der Waals surface area contributed by atoms with Crippen LogP contribution in [0, 0.1) is 5.92 Å². The zero-order chi connectivity index (χ0) is 18.3. The second-order valence-corrected chi connectivity index (χ2v) is 7.03. The lowest BCUT2D eigenvalue weighted by Gasteiger charge is -2.33. The maximum atomic E-state index is 13.0. The van der Waals surface area contributed by atoms with Crippen molar-refractivity contribution in [3.05, 3.63) is 65.2 Å². The van der Waals surface area contributed by atoms with Crippen molar-refractivity contribution in [2.24, 2.45) is 5.92 Å². The highest BCUT2D eigenvalue weighted by Gasteiger charge is 2.47. The van der Waals surface area contributed by atoms with Gasteiger partial charge in [-0.3, -0.25) is 9.59 Å². The third-order valence-electron chi connectivity index (χ3n) is 5.43. The highest BCUT2D eigenvalue weighted by Crippen LogP contribution is 2.49. The molecule has 1 aliphatic carbocycles. The van der Waals surface area contributed by atoms with E-state index in [1.807, 2.05) is 48.5 Å². The van der Waals surface area contributed by atoms with Crippen LogP contribution >= 0.6 is 0 Å². The number of carboxylic acid groups (broad SMARTS) is 1. The molecule has 5 nitrogen and oxygen atoms in total. The fourth-order valence-electron chi connectivity index (χ4n) is 3.93. The minimum absolute atomic E-state index is 0.0542. The smallest absolute Gasteiger partial charge is 0.312 e. The number of methoxy groups -OCH3 is 1. The van der Waals surface area contributed by atoms with Crippen LogP contribution in [0.1, 0.15) is 34.9 Å². The molecule has 134 valence electrons. The van der Waals surface area contributed by atoms with Gasteiger partial charge in [0.25, 0.3) is 0 Å². The highest BCUT2D eigenvalue weighted by molar-refractivity contribution is 5.85. The van der Waals surface area contributed by atoms with Gasteiger partial charge in [-0.2, -0.15) is 0 Å². The predicted octanol–water partition coefficient (Wildman–Crippen LogP) is 3.01. The number of carbonyl (C=O) groups is 2. The van der Waals surface area contributed by atoms with E-state index in [1.54, 1.807) is 12.0 Å². The van der Waals surface area contributed by atoms with Crippen LogP contribution in [0.25, 0.3) is 0 Å². The number of amides is 1. The predicted molar refractivity (Wildman–Crippen MR) is 96.1 cm³/mol. The first-order valence-electron chi connectivity index (χ1n) is 8.82. The molecule has 1 fully saturated rings. The maximum absolute atomic E-state index is 13.0. The van der Waals surface area contributed by atoms with Crippen LogP contribution in [-0.2, 0) is 16.1 Å². The van der Waals surface area contributed by atoms with E-state index in [0.717, 1.165) is 28.9 Å². The molecule has 1 heterocycles. The van der Waals surface area contributed by atoms with Crippen LogP contribution in [0.2, 0.25) is 0 Å². The summed E-state index contributed by atoms with van der Waals surface area (Å²) in [6, 6.07) is 15.3. The standard InChI is InChI=1S/C21H21NO4/c1-26-15-7-4-6-13(9-15)17-10-18(17)20(23)22-11-14-5-2-3-8-16(14)19(12-22)21(24)25/h2-9,17-19H,10-12H2,1H3,(H,24,25). The average molecular weight is 351 g/mol. The van der Waals surface area contributed by atoms with Gasteiger partial charge >= 0.3 is 5.97 Å². The van der Waals surface area contributed by atoms with Gasteiger partial charge in [-0.15, -0.1) is 0 Å². The Hall–Kier alpha value is -2.82. The van der Waals surface area contributed by atoms with E-state index in [4.69, 9.17) is 4.74 Å². The minimum atomic E-state index is -0.880. The van der Waals surface area contributed by atoms with Crippen molar-refractivity contribution in [1.82, 2.24) is 4.90 Å². The molecule has 1 N–H and O–H groups in total. The monoisotopic (exact) mass is 351 g/mol. The summed E-state index contributed by atoms with van der Waals surface area (Å²) >= 11 is 0. The Bertz CT molecular complexity index is 863. The van der Waals surface area contributed by atoms with Crippen LogP contribution < -0.4 is 4.74 Å². The van der Waals surface area contributed by atoms with Crippen LogP contribution in [0.3, 0.4) is 0 Å². The van der Waals surface area contributed by atoms with Gasteiger partial charge in [-0.05, 0) is 41.2 Å².